The van der Waals surface area contributed by atoms with E-state index in [1.165, 1.54) is 16.7 Å². The summed E-state index contributed by atoms with van der Waals surface area (Å²) < 4.78 is 0. The molecule has 1 heterocycles. The number of hydrogen-bond donors (Lipinski definition) is 2. The Bertz CT molecular complexity index is 509. The molecule has 4 heteroatoms. The van der Waals surface area contributed by atoms with Crippen molar-refractivity contribution in [1.82, 2.24) is 10.2 Å². The number of aryl methyl sites for hydroxylation is 3. The molecule has 3 N–H and O–H groups in total. The van der Waals surface area contributed by atoms with Crippen LogP contribution in [-0.2, 0) is 0 Å². The van der Waals surface area contributed by atoms with Crippen molar-refractivity contribution in [3.63, 3.8) is 0 Å². The van der Waals surface area contributed by atoms with Crippen molar-refractivity contribution in [2.45, 2.75) is 20.8 Å². The molecule has 0 fully saturated rings. The molecule has 0 saturated carbocycles. The van der Waals surface area contributed by atoms with E-state index in [2.05, 4.69) is 48.5 Å². The lowest BCUT2D eigenvalue weighted by molar-refractivity contribution is 1.02. The van der Waals surface area contributed by atoms with Crippen LogP contribution in [0.5, 0.6) is 0 Å². The highest BCUT2D eigenvalue weighted by atomic mass is 15.3. The monoisotopic (exact) mass is 228 g/mol. The molecular formula is C13H16N4. The van der Waals surface area contributed by atoms with E-state index in [1.54, 1.807) is 0 Å². The molecule has 2 aromatic rings. The zero-order valence-corrected chi connectivity index (χ0v) is 10.3. The van der Waals surface area contributed by atoms with Crippen LogP contribution in [0.2, 0.25) is 0 Å². The minimum Gasteiger partial charge on any atom is -0.307 e. The van der Waals surface area contributed by atoms with Crippen molar-refractivity contribution < 1.29 is 0 Å². The Kier molecular flexibility index (Phi) is 3.06. The highest BCUT2D eigenvalue weighted by Gasteiger charge is 2.08. The second-order valence-electron chi connectivity index (χ2n) is 4.22. The standard InChI is InChI=1S/C13H16N4/c1-8-6-9(2)13(10(3)7-8)11-4-5-12(15-14)17-16-11/h4-7H,14H2,1-3H3,(H,15,17). The molecule has 0 bridgehead atoms. The van der Waals surface area contributed by atoms with Crippen molar-refractivity contribution in [2.75, 3.05) is 5.43 Å². The van der Waals surface area contributed by atoms with Gasteiger partial charge in [-0.2, -0.15) is 0 Å². The molecular weight excluding hydrogens is 212 g/mol. The van der Waals surface area contributed by atoms with Crippen LogP contribution in [0.4, 0.5) is 5.82 Å². The van der Waals surface area contributed by atoms with Crippen LogP contribution in [0, 0.1) is 20.8 Å². The largest absolute Gasteiger partial charge is 0.307 e. The molecule has 0 aliphatic carbocycles. The van der Waals surface area contributed by atoms with Crippen molar-refractivity contribution in [3.8, 4) is 11.3 Å². The first kappa shape index (κ1) is 11.5. The number of nitrogen functional groups attached to an aromatic ring is 1. The molecule has 0 saturated heterocycles. The Balaban J connectivity index is 2.52. The SMILES string of the molecule is Cc1cc(C)c(-c2ccc(NN)nn2)c(C)c1. The first-order valence-corrected chi connectivity index (χ1v) is 5.50. The van der Waals surface area contributed by atoms with E-state index in [-0.39, 0.29) is 0 Å². The van der Waals surface area contributed by atoms with Gasteiger partial charge in [-0.05, 0) is 44.0 Å². The van der Waals surface area contributed by atoms with Crippen molar-refractivity contribution in [2.24, 2.45) is 5.84 Å². The first-order valence-electron chi connectivity index (χ1n) is 5.50. The van der Waals surface area contributed by atoms with E-state index in [4.69, 9.17) is 5.84 Å². The number of rotatable bonds is 2. The summed E-state index contributed by atoms with van der Waals surface area (Å²) in [5.41, 5.74) is 8.18. The molecule has 0 amide bonds. The van der Waals surface area contributed by atoms with Gasteiger partial charge in [0.05, 0.1) is 5.69 Å². The van der Waals surface area contributed by atoms with Crippen LogP contribution in [0.15, 0.2) is 24.3 Å². The fraction of sp³-hybridized carbons (Fsp3) is 0.231. The number of anilines is 1. The molecule has 88 valence electrons. The van der Waals surface area contributed by atoms with Gasteiger partial charge in [0.1, 0.15) is 0 Å². The van der Waals surface area contributed by atoms with E-state index in [1.807, 2.05) is 12.1 Å². The lowest BCUT2D eigenvalue weighted by Crippen LogP contribution is -2.09. The quantitative estimate of drug-likeness (QED) is 0.611. The van der Waals surface area contributed by atoms with Gasteiger partial charge in [-0.15, -0.1) is 10.2 Å². The fourth-order valence-corrected chi connectivity index (χ4v) is 2.13. The Morgan fingerprint density at radius 1 is 1.00 bits per heavy atom. The number of nitrogens with two attached hydrogens (primary N) is 1. The predicted molar refractivity (Wildman–Crippen MR) is 69.5 cm³/mol. The Morgan fingerprint density at radius 2 is 1.65 bits per heavy atom. The maximum Gasteiger partial charge on any atom is 0.162 e. The summed E-state index contributed by atoms with van der Waals surface area (Å²) in [6.07, 6.45) is 0. The molecule has 1 aromatic carbocycles. The summed E-state index contributed by atoms with van der Waals surface area (Å²) in [5, 5.41) is 8.17. The third kappa shape index (κ3) is 2.26. The zero-order valence-electron chi connectivity index (χ0n) is 10.3. The molecule has 0 radical (unpaired) electrons. The molecule has 2 rings (SSSR count). The van der Waals surface area contributed by atoms with E-state index in [9.17, 15) is 0 Å². The van der Waals surface area contributed by atoms with Crippen LogP contribution < -0.4 is 11.3 Å². The van der Waals surface area contributed by atoms with Crippen LogP contribution in [-0.4, -0.2) is 10.2 Å². The normalized spacial score (nSPS) is 10.4. The van der Waals surface area contributed by atoms with Gasteiger partial charge in [-0.1, -0.05) is 17.7 Å². The van der Waals surface area contributed by atoms with Gasteiger partial charge in [-0.3, -0.25) is 0 Å². The lowest BCUT2D eigenvalue weighted by Gasteiger charge is -2.10. The van der Waals surface area contributed by atoms with Gasteiger partial charge in [0.2, 0.25) is 0 Å². The number of nitrogens with zero attached hydrogens (tertiary/aromatic N) is 2. The average molecular weight is 228 g/mol. The summed E-state index contributed by atoms with van der Waals surface area (Å²) >= 11 is 0. The van der Waals surface area contributed by atoms with Gasteiger partial charge < -0.3 is 5.43 Å². The Morgan fingerprint density at radius 3 is 2.12 bits per heavy atom. The Labute approximate surface area is 101 Å². The second-order valence-corrected chi connectivity index (χ2v) is 4.22. The average Bonchev–Trinajstić information content (AvgIpc) is 2.28. The highest BCUT2D eigenvalue weighted by molar-refractivity contribution is 5.68. The van der Waals surface area contributed by atoms with E-state index < -0.39 is 0 Å². The summed E-state index contributed by atoms with van der Waals surface area (Å²) in [4.78, 5) is 0. The van der Waals surface area contributed by atoms with Gasteiger partial charge in [0.15, 0.2) is 5.82 Å². The van der Waals surface area contributed by atoms with Crippen molar-refractivity contribution in [3.05, 3.63) is 41.0 Å². The summed E-state index contributed by atoms with van der Waals surface area (Å²) in [6, 6.07) is 8.05. The van der Waals surface area contributed by atoms with Gasteiger partial charge in [0.25, 0.3) is 0 Å². The minimum atomic E-state index is 0.566. The van der Waals surface area contributed by atoms with Gasteiger partial charge >= 0.3 is 0 Å². The van der Waals surface area contributed by atoms with Crippen molar-refractivity contribution >= 4 is 5.82 Å². The fourth-order valence-electron chi connectivity index (χ4n) is 2.13. The van der Waals surface area contributed by atoms with Crippen LogP contribution in [0.1, 0.15) is 16.7 Å². The van der Waals surface area contributed by atoms with Crippen molar-refractivity contribution in [1.29, 1.82) is 0 Å². The molecule has 0 aliphatic rings. The number of hydrogen-bond acceptors (Lipinski definition) is 4. The lowest BCUT2D eigenvalue weighted by atomic mass is 9.97. The van der Waals surface area contributed by atoms with E-state index in [0.717, 1.165) is 11.3 Å². The summed E-state index contributed by atoms with van der Waals surface area (Å²) in [6.45, 7) is 6.27. The molecule has 1 aromatic heterocycles. The van der Waals surface area contributed by atoms with E-state index in [0.29, 0.717) is 5.82 Å². The molecule has 0 unspecified atom stereocenters. The third-order valence-electron chi connectivity index (χ3n) is 2.75. The molecule has 0 atom stereocenters. The maximum absolute atomic E-state index is 5.27. The van der Waals surface area contributed by atoms with Gasteiger partial charge in [-0.25, -0.2) is 5.84 Å². The molecule has 0 spiro atoms. The summed E-state index contributed by atoms with van der Waals surface area (Å²) in [5.74, 6) is 5.83. The van der Waals surface area contributed by atoms with Crippen LogP contribution in [0.3, 0.4) is 0 Å². The first-order chi connectivity index (χ1) is 8.11. The minimum absolute atomic E-state index is 0.566. The zero-order chi connectivity index (χ0) is 12.4. The highest BCUT2D eigenvalue weighted by Crippen LogP contribution is 2.26. The topological polar surface area (TPSA) is 63.8 Å². The van der Waals surface area contributed by atoms with E-state index >= 15 is 0 Å². The second kappa shape index (κ2) is 4.51. The summed E-state index contributed by atoms with van der Waals surface area (Å²) in [7, 11) is 0. The molecule has 0 aliphatic heterocycles. The number of aromatic nitrogens is 2. The number of benzene rings is 1. The maximum atomic E-state index is 5.27. The predicted octanol–water partition coefficient (Wildman–Crippen LogP) is 2.35. The smallest absolute Gasteiger partial charge is 0.162 e. The van der Waals surface area contributed by atoms with Gasteiger partial charge in [0, 0.05) is 5.56 Å². The van der Waals surface area contributed by atoms with Crippen LogP contribution in [0.25, 0.3) is 11.3 Å². The Hall–Kier alpha value is -1.94. The molecule has 4 nitrogen and oxygen atoms in total. The molecule has 17 heavy (non-hydrogen) atoms. The third-order valence-corrected chi connectivity index (χ3v) is 2.75. The number of nitrogens with one attached hydrogen (secondary N) is 1. The number of hydrazine groups is 1. The van der Waals surface area contributed by atoms with Crippen LogP contribution >= 0.6 is 0 Å².